The molecule has 0 amide bonds. The summed E-state index contributed by atoms with van der Waals surface area (Å²) < 4.78 is 42.3. The molecule has 0 aliphatic carbocycles. The van der Waals surface area contributed by atoms with E-state index in [2.05, 4.69) is 20.3 Å². The molecule has 1 saturated heterocycles. The first-order chi connectivity index (χ1) is 15.9. The molecule has 1 fully saturated rings. The molecule has 1 atom stereocenters. The summed E-state index contributed by atoms with van der Waals surface area (Å²) in [5.74, 6) is -0.393. The molecule has 1 N–H and O–H groups in total. The number of fused-ring (bicyclic) bond motifs is 1. The zero-order valence-corrected chi connectivity index (χ0v) is 18.4. The molecule has 5 rings (SSSR count). The van der Waals surface area contributed by atoms with Gasteiger partial charge in [-0.3, -0.25) is 4.79 Å². The van der Waals surface area contributed by atoms with Crippen molar-refractivity contribution in [3.05, 3.63) is 82.2 Å². The molecule has 4 aromatic rings. The van der Waals surface area contributed by atoms with Crippen molar-refractivity contribution in [3.63, 3.8) is 0 Å². The summed E-state index contributed by atoms with van der Waals surface area (Å²) in [6.45, 7) is 0.910. The standard InChI is InChI=1S/C22H21FN6O3S/c23-17-8-10-18(11-9-17)33(31,32)28-12-4-7-16(14-28)20-24-21-19(22(30)25-20)26-27-29(21)13-15-5-2-1-3-6-15/h1-3,5-6,8-11,16H,4,7,12-14H2,(H,24,25,30)/t16-/m0/s1. The largest absolute Gasteiger partial charge is 0.308 e. The topological polar surface area (TPSA) is 114 Å². The highest BCUT2D eigenvalue weighted by Gasteiger charge is 2.32. The van der Waals surface area contributed by atoms with Gasteiger partial charge in [0.25, 0.3) is 5.56 Å². The van der Waals surface area contributed by atoms with E-state index in [9.17, 15) is 17.6 Å². The van der Waals surface area contributed by atoms with Crippen molar-refractivity contribution >= 4 is 21.2 Å². The van der Waals surface area contributed by atoms with Crippen LogP contribution in [-0.2, 0) is 16.6 Å². The zero-order chi connectivity index (χ0) is 23.0. The van der Waals surface area contributed by atoms with E-state index in [1.807, 2.05) is 30.3 Å². The van der Waals surface area contributed by atoms with Gasteiger partial charge in [0.05, 0.1) is 11.4 Å². The fourth-order valence-electron chi connectivity index (χ4n) is 4.08. The first-order valence-corrected chi connectivity index (χ1v) is 12.0. The Balaban J connectivity index is 1.45. The van der Waals surface area contributed by atoms with Crippen LogP contribution in [0.2, 0.25) is 0 Å². The molecule has 0 radical (unpaired) electrons. The van der Waals surface area contributed by atoms with Gasteiger partial charge >= 0.3 is 0 Å². The summed E-state index contributed by atoms with van der Waals surface area (Å²) in [7, 11) is -3.79. The van der Waals surface area contributed by atoms with Crippen LogP contribution < -0.4 is 5.56 Å². The van der Waals surface area contributed by atoms with Gasteiger partial charge < -0.3 is 4.98 Å². The summed E-state index contributed by atoms with van der Waals surface area (Å²) in [6.07, 6.45) is 1.28. The average molecular weight is 469 g/mol. The van der Waals surface area contributed by atoms with Crippen LogP contribution in [-0.4, -0.2) is 50.8 Å². The van der Waals surface area contributed by atoms with Gasteiger partial charge in [-0.2, -0.15) is 4.31 Å². The third kappa shape index (κ3) is 4.16. The number of hydrogen-bond donors (Lipinski definition) is 1. The molecule has 1 aliphatic heterocycles. The number of benzene rings is 2. The number of aromatic amines is 1. The number of piperidine rings is 1. The fraction of sp³-hybridized carbons (Fsp3) is 0.273. The van der Waals surface area contributed by atoms with E-state index in [0.29, 0.717) is 37.4 Å². The minimum absolute atomic E-state index is 0.0339. The summed E-state index contributed by atoms with van der Waals surface area (Å²) in [5.41, 5.74) is 1.08. The van der Waals surface area contributed by atoms with Crippen molar-refractivity contribution in [1.29, 1.82) is 0 Å². The van der Waals surface area contributed by atoms with Crippen LogP contribution in [0, 0.1) is 5.82 Å². The average Bonchev–Trinajstić information content (AvgIpc) is 3.23. The summed E-state index contributed by atoms with van der Waals surface area (Å²) in [4.78, 5) is 20.1. The van der Waals surface area contributed by atoms with Crippen LogP contribution >= 0.6 is 0 Å². The molecule has 11 heteroatoms. The number of aromatic nitrogens is 5. The van der Waals surface area contributed by atoms with Gasteiger partial charge in [-0.05, 0) is 42.7 Å². The predicted molar refractivity (Wildman–Crippen MR) is 119 cm³/mol. The Hall–Kier alpha value is -3.44. The smallest absolute Gasteiger partial charge is 0.281 e. The van der Waals surface area contributed by atoms with E-state index in [4.69, 9.17) is 0 Å². The Morgan fingerprint density at radius 3 is 2.61 bits per heavy atom. The van der Waals surface area contributed by atoms with Gasteiger partial charge in [-0.25, -0.2) is 22.5 Å². The van der Waals surface area contributed by atoms with Crippen LogP contribution in [0.25, 0.3) is 11.2 Å². The monoisotopic (exact) mass is 468 g/mol. The molecular weight excluding hydrogens is 447 g/mol. The molecular formula is C22H21FN6O3S. The highest BCUT2D eigenvalue weighted by Crippen LogP contribution is 2.29. The number of H-pyrrole nitrogens is 1. The molecule has 0 unspecified atom stereocenters. The maximum absolute atomic E-state index is 13.2. The number of rotatable bonds is 5. The lowest BCUT2D eigenvalue weighted by Gasteiger charge is -2.31. The van der Waals surface area contributed by atoms with E-state index in [1.165, 1.54) is 16.4 Å². The van der Waals surface area contributed by atoms with Crippen LogP contribution in [0.15, 0.2) is 64.3 Å². The fourth-order valence-corrected chi connectivity index (χ4v) is 5.60. The Morgan fingerprint density at radius 2 is 1.85 bits per heavy atom. The van der Waals surface area contributed by atoms with Crippen molar-refractivity contribution in [2.75, 3.05) is 13.1 Å². The van der Waals surface area contributed by atoms with Crippen molar-refractivity contribution in [2.24, 2.45) is 0 Å². The van der Waals surface area contributed by atoms with E-state index in [-0.39, 0.29) is 22.9 Å². The van der Waals surface area contributed by atoms with Crippen molar-refractivity contribution in [2.45, 2.75) is 30.2 Å². The van der Waals surface area contributed by atoms with Gasteiger partial charge in [0.2, 0.25) is 10.0 Å². The first kappa shape index (κ1) is 21.4. The lowest BCUT2D eigenvalue weighted by Crippen LogP contribution is -2.39. The van der Waals surface area contributed by atoms with Gasteiger partial charge in [0.1, 0.15) is 11.6 Å². The Kier molecular flexibility index (Phi) is 5.51. The maximum Gasteiger partial charge on any atom is 0.281 e. The predicted octanol–water partition coefficient (Wildman–Crippen LogP) is 2.27. The van der Waals surface area contributed by atoms with Crippen molar-refractivity contribution in [3.8, 4) is 0 Å². The zero-order valence-electron chi connectivity index (χ0n) is 17.6. The molecule has 2 aromatic heterocycles. The number of nitrogens with zero attached hydrogens (tertiary/aromatic N) is 5. The molecule has 0 spiro atoms. The second-order valence-corrected chi connectivity index (χ2v) is 9.95. The van der Waals surface area contributed by atoms with E-state index in [0.717, 1.165) is 17.7 Å². The van der Waals surface area contributed by atoms with Gasteiger partial charge in [0, 0.05) is 19.0 Å². The van der Waals surface area contributed by atoms with E-state index in [1.54, 1.807) is 4.68 Å². The molecule has 9 nitrogen and oxygen atoms in total. The molecule has 1 aliphatic rings. The Morgan fingerprint density at radius 1 is 1.09 bits per heavy atom. The molecule has 33 heavy (non-hydrogen) atoms. The summed E-state index contributed by atoms with van der Waals surface area (Å²) in [5, 5.41) is 8.06. The molecule has 3 heterocycles. The van der Waals surface area contributed by atoms with Crippen LogP contribution in [0.4, 0.5) is 4.39 Å². The third-order valence-electron chi connectivity index (χ3n) is 5.79. The van der Waals surface area contributed by atoms with E-state index < -0.39 is 21.4 Å². The second kappa shape index (κ2) is 8.49. The minimum atomic E-state index is -3.79. The summed E-state index contributed by atoms with van der Waals surface area (Å²) in [6, 6.07) is 14.4. The SMILES string of the molecule is O=c1[nH]c([C@H]2CCCN(S(=O)(=O)c3ccc(F)cc3)C2)nc2c1nnn2Cc1ccccc1. The molecule has 170 valence electrons. The maximum atomic E-state index is 13.2. The molecule has 0 bridgehead atoms. The number of nitrogens with one attached hydrogen (secondary N) is 1. The highest BCUT2D eigenvalue weighted by atomic mass is 32.2. The van der Waals surface area contributed by atoms with Crippen LogP contribution in [0.5, 0.6) is 0 Å². The quantitative estimate of drug-likeness (QED) is 0.481. The molecule has 0 saturated carbocycles. The normalized spacial score (nSPS) is 17.4. The first-order valence-electron chi connectivity index (χ1n) is 10.5. The Bertz CT molecular complexity index is 1450. The van der Waals surface area contributed by atoms with Gasteiger partial charge in [-0.15, -0.1) is 5.10 Å². The number of hydrogen-bond acceptors (Lipinski definition) is 6. The summed E-state index contributed by atoms with van der Waals surface area (Å²) >= 11 is 0. The second-order valence-electron chi connectivity index (χ2n) is 8.01. The minimum Gasteiger partial charge on any atom is -0.308 e. The number of sulfonamides is 1. The van der Waals surface area contributed by atoms with Crippen molar-refractivity contribution < 1.29 is 12.8 Å². The lowest BCUT2D eigenvalue weighted by molar-refractivity contribution is 0.309. The molecule has 2 aromatic carbocycles. The lowest BCUT2D eigenvalue weighted by atomic mass is 9.99. The van der Waals surface area contributed by atoms with Gasteiger partial charge in [0.15, 0.2) is 11.2 Å². The van der Waals surface area contributed by atoms with Gasteiger partial charge in [-0.1, -0.05) is 35.5 Å². The van der Waals surface area contributed by atoms with Crippen LogP contribution in [0.1, 0.15) is 30.1 Å². The highest BCUT2D eigenvalue weighted by molar-refractivity contribution is 7.89. The third-order valence-corrected chi connectivity index (χ3v) is 7.67. The number of halogens is 1. The van der Waals surface area contributed by atoms with Crippen LogP contribution in [0.3, 0.4) is 0 Å². The Labute approximate surface area is 188 Å². The van der Waals surface area contributed by atoms with E-state index >= 15 is 0 Å². The van der Waals surface area contributed by atoms with Crippen molar-refractivity contribution in [1.82, 2.24) is 29.3 Å².